The first-order valence-corrected chi connectivity index (χ1v) is 5.60. The normalized spacial score (nSPS) is 14.4. The minimum atomic E-state index is 0.668. The summed E-state index contributed by atoms with van der Waals surface area (Å²) in [7, 11) is 0. The Labute approximate surface area is 97.2 Å². The van der Waals surface area contributed by atoms with Gasteiger partial charge in [0.15, 0.2) is 0 Å². The Morgan fingerprint density at radius 2 is 2.06 bits per heavy atom. The number of aliphatic imine (C=N–C) groups is 1. The molecule has 0 amide bonds. The standard InChI is InChI=1S/C14H9N3/c1-2-4-11-10(3-1)14-12(16-11)7-9-5-6-15-8-13(9)17-14/h1-7H,8H2. The lowest BCUT2D eigenvalue weighted by Crippen LogP contribution is -2.14. The highest BCUT2D eigenvalue weighted by Gasteiger charge is 2.08. The van der Waals surface area contributed by atoms with E-state index in [-0.39, 0.29) is 0 Å². The van der Waals surface area contributed by atoms with Crippen molar-refractivity contribution in [1.82, 2.24) is 4.98 Å². The van der Waals surface area contributed by atoms with Crippen LogP contribution in [-0.2, 0) is 6.54 Å². The molecule has 3 heteroatoms. The average Bonchev–Trinajstić information content (AvgIpc) is 2.73. The summed E-state index contributed by atoms with van der Waals surface area (Å²) in [5.41, 5.74) is 2.01. The van der Waals surface area contributed by atoms with Gasteiger partial charge in [-0.25, -0.2) is 9.98 Å². The van der Waals surface area contributed by atoms with Crippen molar-refractivity contribution in [3.8, 4) is 0 Å². The summed E-state index contributed by atoms with van der Waals surface area (Å²) in [5.74, 6) is 0. The van der Waals surface area contributed by atoms with E-state index in [0.29, 0.717) is 6.54 Å². The van der Waals surface area contributed by atoms with Crippen LogP contribution in [0.1, 0.15) is 5.69 Å². The van der Waals surface area contributed by atoms with Gasteiger partial charge >= 0.3 is 0 Å². The topological polar surface area (TPSA) is 37.6 Å². The Morgan fingerprint density at radius 1 is 1.12 bits per heavy atom. The van der Waals surface area contributed by atoms with Crippen molar-refractivity contribution in [2.75, 3.05) is 0 Å². The van der Waals surface area contributed by atoms with Gasteiger partial charge in [-0.3, -0.25) is 4.99 Å². The van der Waals surface area contributed by atoms with E-state index in [9.17, 15) is 0 Å². The Bertz CT molecular complexity index is 863. The number of nitrogens with zero attached hydrogens (tertiary/aromatic N) is 3. The summed E-state index contributed by atoms with van der Waals surface area (Å²) in [6, 6.07) is 10.2. The third-order valence-electron chi connectivity index (χ3n) is 3.12. The van der Waals surface area contributed by atoms with E-state index in [1.54, 1.807) is 0 Å². The zero-order chi connectivity index (χ0) is 11.2. The molecule has 0 saturated carbocycles. The van der Waals surface area contributed by atoms with Gasteiger partial charge in [-0.1, -0.05) is 18.2 Å². The lowest BCUT2D eigenvalue weighted by molar-refractivity contribution is 0.961. The maximum Gasteiger partial charge on any atom is 0.0984 e. The number of benzene rings is 1. The number of aromatic nitrogens is 1. The second-order valence-corrected chi connectivity index (χ2v) is 4.18. The fourth-order valence-electron chi connectivity index (χ4n) is 2.28. The van der Waals surface area contributed by atoms with Gasteiger partial charge in [-0.05, 0) is 18.2 Å². The summed E-state index contributed by atoms with van der Waals surface area (Å²) in [6.45, 7) is 0.668. The third-order valence-corrected chi connectivity index (χ3v) is 3.12. The molecular weight excluding hydrogens is 210 g/mol. The van der Waals surface area contributed by atoms with Crippen LogP contribution >= 0.6 is 0 Å². The van der Waals surface area contributed by atoms with Crippen molar-refractivity contribution in [3.63, 3.8) is 0 Å². The number of fused-ring (bicyclic) bond motifs is 3. The van der Waals surface area contributed by atoms with Crippen LogP contribution < -0.4 is 10.6 Å². The first-order valence-electron chi connectivity index (χ1n) is 5.60. The lowest BCUT2D eigenvalue weighted by atomic mass is 10.2. The quantitative estimate of drug-likeness (QED) is 0.555. The Hall–Kier alpha value is -2.29. The van der Waals surface area contributed by atoms with Crippen molar-refractivity contribution >= 4 is 18.0 Å². The summed E-state index contributed by atoms with van der Waals surface area (Å²) >= 11 is 0. The molecule has 2 aliphatic heterocycles. The fraction of sp³-hybridized carbons (Fsp3) is 0.0714. The number of para-hydroxylation sites is 1. The lowest BCUT2D eigenvalue weighted by Gasteiger charge is -2.02. The van der Waals surface area contributed by atoms with Crippen LogP contribution in [0.25, 0.3) is 6.08 Å². The van der Waals surface area contributed by atoms with E-state index >= 15 is 0 Å². The van der Waals surface area contributed by atoms with Crippen LogP contribution in [0.15, 0.2) is 40.3 Å². The smallest absolute Gasteiger partial charge is 0.0984 e. The van der Waals surface area contributed by atoms with Gasteiger partial charge in [0, 0.05) is 16.7 Å². The summed E-state index contributed by atoms with van der Waals surface area (Å²) in [5, 5.41) is 4.26. The number of rotatable bonds is 0. The Balaban J connectivity index is 2.24. The minimum absolute atomic E-state index is 0.668. The van der Waals surface area contributed by atoms with Crippen molar-refractivity contribution in [2.45, 2.75) is 6.54 Å². The van der Waals surface area contributed by atoms with E-state index in [1.165, 1.54) is 0 Å². The van der Waals surface area contributed by atoms with Crippen LogP contribution in [-0.4, -0.2) is 11.2 Å². The molecule has 0 N–H and O–H groups in total. The number of pyridine rings is 1. The maximum atomic E-state index is 4.70. The largest absolute Gasteiger partial charge is 0.287 e. The molecule has 0 aliphatic carbocycles. The third kappa shape index (κ3) is 1.19. The highest BCUT2D eigenvalue weighted by Crippen LogP contribution is 2.14. The van der Waals surface area contributed by atoms with Crippen LogP contribution in [0, 0.1) is 10.6 Å². The van der Waals surface area contributed by atoms with Gasteiger partial charge in [0.25, 0.3) is 0 Å². The van der Waals surface area contributed by atoms with Gasteiger partial charge in [-0.2, -0.15) is 0 Å². The molecule has 1 aromatic carbocycles. The zero-order valence-corrected chi connectivity index (χ0v) is 9.09. The molecule has 3 heterocycles. The second kappa shape index (κ2) is 3.10. The van der Waals surface area contributed by atoms with Crippen LogP contribution in [0.4, 0.5) is 5.69 Å². The van der Waals surface area contributed by atoms with E-state index in [4.69, 9.17) is 4.98 Å². The van der Waals surface area contributed by atoms with Crippen LogP contribution in [0.2, 0.25) is 0 Å². The monoisotopic (exact) mass is 219 g/mol. The predicted octanol–water partition coefficient (Wildman–Crippen LogP) is 0.998. The van der Waals surface area contributed by atoms with Crippen LogP contribution in [0.3, 0.4) is 0 Å². The van der Waals surface area contributed by atoms with Gasteiger partial charge < -0.3 is 0 Å². The molecule has 0 bridgehead atoms. The highest BCUT2D eigenvalue weighted by molar-refractivity contribution is 5.91. The molecule has 80 valence electrons. The molecule has 0 spiro atoms. The summed E-state index contributed by atoms with van der Waals surface area (Å²) < 4.78 is 0. The highest BCUT2D eigenvalue weighted by atomic mass is 14.8. The fourth-order valence-corrected chi connectivity index (χ4v) is 2.28. The van der Waals surface area contributed by atoms with Crippen molar-refractivity contribution < 1.29 is 0 Å². The van der Waals surface area contributed by atoms with Crippen LogP contribution in [0.5, 0.6) is 0 Å². The second-order valence-electron chi connectivity index (χ2n) is 4.18. The number of hydrogen-bond acceptors (Lipinski definition) is 3. The van der Waals surface area contributed by atoms with Crippen molar-refractivity contribution in [2.24, 2.45) is 9.98 Å². The van der Waals surface area contributed by atoms with Gasteiger partial charge in [0.2, 0.25) is 0 Å². The van der Waals surface area contributed by atoms with Gasteiger partial charge in [-0.15, -0.1) is 0 Å². The average molecular weight is 219 g/mol. The molecule has 0 fully saturated rings. The maximum absolute atomic E-state index is 4.70. The molecule has 3 nitrogen and oxygen atoms in total. The van der Waals surface area contributed by atoms with E-state index < -0.39 is 0 Å². The molecule has 0 saturated heterocycles. The van der Waals surface area contributed by atoms with Gasteiger partial charge in [0.1, 0.15) is 0 Å². The van der Waals surface area contributed by atoms with E-state index in [1.807, 2.05) is 30.5 Å². The number of hydrogen-bond donors (Lipinski definition) is 0. The molecular formula is C14H9N3. The summed E-state index contributed by atoms with van der Waals surface area (Å²) in [4.78, 5) is 13.5. The van der Waals surface area contributed by atoms with E-state index in [2.05, 4.69) is 22.1 Å². The predicted molar refractivity (Wildman–Crippen MR) is 65.5 cm³/mol. The molecule has 17 heavy (non-hydrogen) atoms. The van der Waals surface area contributed by atoms with E-state index in [0.717, 1.165) is 32.5 Å². The molecule has 4 rings (SSSR count). The Morgan fingerprint density at radius 3 is 3.06 bits per heavy atom. The molecule has 0 atom stereocenters. The molecule has 2 aliphatic rings. The molecule has 1 aromatic heterocycles. The van der Waals surface area contributed by atoms with Crippen molar-refractivity contribution in [3.05, 3.63) is 57.2 Å². The zero-order valence-electron chi connectivity index (χ0n) is 9.09. The SMILES string of the molecule is C1=NCc2nc3c(cc2=C1)N=c1ccccc1=3. The van der Waals surface area contributed by atoms with Gasteiger partial charge in [0.05, 0.1) is 28.6 Å². The molecule has 0 radical (unpaired) electrons. The molecule has 0 unspecified atom stereocenters. The summed E-state index contributed by atoms with van der Waals surface area (Å²) in [6.07, 6.45) is 3.82. The Kier molecular flexibility index (Phi) is 1.61. The molecule has 2 aromatic rings. The first kappa shape index (κ1) is 8.82. The first-order chi connectivity index (χ1) is 8.42. The minimum Gasteiger partial charge on any atom is -0.287 e. The van der Waals surface area contributed by atoms with Crippen molar-refractivity contribution in [1.29, 1.82) is 0 Å².